The zero-order valence-corrected chi connectivity index (χ0v) is 16.1. The van der Waals surface area contributed by atoms with E-state index >= 15 is 0 Å². The maximum Gasteiger partial charge on any atom is 0.270 e. The Labute approximate surface area is 172 Å². The van der Waals surface area contributed by atoms with Gasteiger partial charge in [-0.3, -0.25) is 19.7 Å². The standard InChI is InChI=1S/C22H19N3O5/c1-2-23-21(26)15-7-6-8-16(13-15)24-22(27)19-14-17(25(28)29)11-12-20(19)30-18-9-4-3-5-10-18/h3-14H,2H2,1H3,(H,23,26)(H,24,27). The molecule has 0 saturated heterocycles. The maximum absolute atomic E-state index is 12.9. The van der Waals surface area contributed by atoms with Crippen LogP contribution in [0.2, 0.25) is 0 Å². The summed E-state index contributed by atoms with van der Waals surface area (Å²) in [6.45, 7) is 2.28. The number of non-ortho nitro benzene ring substituents is 1. The molecule has 152 valence electrons. The van der Waals surface area contributed by atoms with Crippen molar-refractivity contribution in [3.8, 4) is 11.5 Å². The third-order valence-electron chi connectivity index (χ3n) is 4.11. The second-order valence-corrected chi connectivity index (χ2v) is 6.25. The molecule has 0 atom stereocenters. The minimum Gasteiger partial charge on any atom is -0.457 e. The quantitative estimate of drug-likeness (QED) is 0.447. The zero-order valence-electron chi connectivity index (χ0n) is 16.1. The number of nitro groups is 1. The maximum atomic E-state index is 12.9. The number of anilines is 1. The first kappa shape index (κ1) is 20.5. The largest absolute Gasteiger partial charge is 0.457 e. The highest BCUT2D eigenvalue weighted by molar-refractivity contribution is 6.07. The molecular formula is C22H19N3O5. The zero-order chi connectivity index (χ0) is 21.5. The van der Waals surface area contributed by atoms with E-state index in [2.05, 4.69) is 10.6 Å². The minimum absolute atomic E-state index is 0.00327. The number of hydrogen-bond donors (Lipinski definition) is 2. The molecule has 0 bridgehead atoms. The van der Waals surface area contributed by atoms with Crippen LogP contribution in [0, 0.1) is 10.1 Å². The molecule has 0 saturated carbocycles. The topological polar surface area (TPSA) is 111 Å². The van der Waals surface area contributed by atoms with Crippen molar-refractivity contribution >= 4 is 23.2 Å². The molecule has 0 aliphatic heterocycles. The second-order valence-electron chi connectivity index (χ2n) is 6.25. The molecule has 2 amide bonds. The molecule has 0 aromatic heterocycles. The highest BCUT2D eigenvalue weighted by Crippen LogP contribution is 2.29. The van der Waals surface area contributed by atoms with Gasteiger partial charge in [-0.2, -0.15) is 0 Å². The molecule has 8 heteroatoms. The first-order valence-electron chi connectivity index (χ1n) is 9.19. The number of hydrogen-bond acceptors (Lipinski definition) is 5. The Morgan fingerprint density at radius 2 is 1.73 bits per heavy atom. The van der Waals surface area contributed by atoms with E-state index in [-0.39, 0.29) is 22.9 Å². The number of para-hydroxylation sites is 1. The van der Waals surface area contributed by atoms with Crippen LogP contribution in [0.25, 0.3) is 0 Å². The smallest absolute Gasteiger partial charge is 0.270 e. The van der Waals surface area contributed by atoms with E-state index < -0.39 is 10.8 Å². The number of benzene rings is 3. The van der Waals surface area contributed by atoms with Crippen LogP contribution >= 0.6 is 0 Å². The van der Waals surface area contributed by atoms with E-state index in [0.717, 1.165) is 6.07 Å². The number of carbonyl (C=O) groups excluding carboxylic acids is 2. The molecular weight excluding hydrogens is 386 g/mol. The van der Waals surface area contributed by atoms with Crippen LogP contribution in [0.5, 0.6) is 11.5 Å². The van der Waals surface area contributed by atoms with Gasteiger partial charge in [-0.1, -0.05) is 24.3 Å². The summed E-state index contributed by atoms with van der Waals surface area (Å²) in [6.07, 6.45) is 0. The van der Waals surface area contributed by atoms with Gasteiger partial charge in [0, 0.05) is 29.9 Å². The van der Waals surface area contributed by atoms with E-state index in [1.165, 1.54) is 18.2 Å². The van der Waals surface area contributed by atoms with Gasteiger partial charge >= 0.3 is 0 Å². The van der Waals surface area contributed by atoms with Gasteiger partial charge in [-0.15, -0.1) is 0 Å². The fourth-order valence-corrected chi connectivity index (χ4v) is 2.71. The molecule has 2 N–H and O–H groups in total. The molecule has 30 heavy (non-hydrogen) atoms. The monoisotopic (exact) mass is 405 g/mol. The van der Waals surface area contributed by atoms with Gasteiger partial charge in [-0.05, 0) is 43.3 Å². The van der Waals surface area contributed by atoms with Gasteiger partial charge in [0.2, 0.25) is 0 Å². The lowest BCUT2D eigenvalue weighted by Crippen LogP contribution is -2.22. The summed E-state index contributed by atoms with van der Waals surface area (Å²) in [6, 6.07) is 19.0. The molecule has 0 aliphatic rings. The first-order chi connectivity index (χ1) is 14.5. The molecule has 0 heterocycles. The van der Waals surface area contributed by atoms with E-state index in [1.54, 1.807) is 49.4 Å². The molecule has 8 nitrogen and oxygen atoms in total. The van der Waals surface area contributed by atoms with E-state index in [1.807, 2.05) is 6.07 Å². The molecule has 3 rings (SSSR count). The third kappa shape index (κ3) is 4.99. The fraction of sp³-hybridized carbons (Fsp3) is 0.0909. The Kier molecular flexibility index (Phi) is 6.39. The predicted octanol–water partition coefficient (Wildman–Crippen LogP) is 4.39. The minimum atomic E-state index is -0.599. The molecule has 0 radical (unpaired) electrons. The molecule has 0 unspecified atom stereocenters. The summed E-state index contributed by atoms with van der Waals surface area (Å²) in [7, 11) is 0. The van der Waals surface area contributed by atoms with Crippen LogP contribution in [0.1, 0.15) is 27.6 Å². The number of rotatable bonds is 7. The highest BCUT2D eigenvalue weighted by atomic mass is 16.6. The molecule has 3 aromatic rings. The summed E-state index contributed by atoms with van der Waals surface area (Å²) in [5.74, 6) is -0.211. The molecule has 0 spiro atoms. The van der Waals surface area contributed by atoms with Crippen molar-refractivity contribution < 1.29 is 19.2 Å². The van der Waals surface area contributed by atoms with Gasteiger partial charge < -0.3 is 15.4 Å². The van der Waals surface area contributed by atoms with Gasteiger partial charge in [0.25, 0.3) is 17.5 Å². The van der Waals surface area contributed by atoms with Crippen molar-refractivity contribution in [3.63, 3.8) is 0 Å². The Morgan fingerprint density at radius 1 is 0.967 bits per heavy atom. The number of carbonyl (C=O) groups is 2. The molecule has 0 fully saturated rings. The van der Waals surface area contributed by atoms with Crippen LogP contribution in [0.15, 0.2) is 72.8 Å². The van der Waals surface area contributed by atoms with E-state index in [0.29, 0.717) is 23.5 Å². The normalized spacial score (nSPS) is 10.2. The Balaban J connectivity index is 1.90. The van der Waals surface area contributed by atoms with E-state index in [9.17, 15) is 19.7 Å². The number of nitrogens with zero attached hydrogens (tertiary/aromatic N) is 1. The molecule has 3 aromatic carbocycles. The Morgan fingerprint density at radius 3 is 2.43 bits per heavy atom. The first-order valence-corrected chi connectivity index (χ1v) is 9.19. The predicted molar refractivity (Wildman–Crippen MR) is 112 cm³/mol. The van der Waals surface area contributed by atoms with Gasteiger partial charge in [-0.25, -0.2) is 0 Å². The van der Waals surface area contributed by atoms with Crippen molar-refractivity contribution in [1.82, 2.24) is 5.32 Å². The van der Waals surface area contributed by atoms with Crippen LogP contribution in [-0.2, 0) is 0 Å². The summed E-state index contributed by atoms with van der Waals surface area (Å²) < 4.78 is 5.75. The van der Waals surface area contributed by atoms with Gasteiger partial charge in [0.1, 0.15) is 11.5 Å². The summed E-state index contributed by atoms with van der Waals surface area (Å²) in [4.78, 5) is 35.5. The van der Waals surface area contributed by atoms with Crippen LogP contribution in [0.4, 0.5) is 11.4 Å². The van der Waals surface area contributed by atoms with Crippen molar-refractivity contribution in [2.45, 2.75) is 6.92 Å². The lowest BCUT2D eigenvalue weighted by Gasteiger charge is -2.12. The Hall–Kier alpha value is -4.20. The third-order valence-corrected chi connectivity index (χ3v) is 4.11. The number of amides is 2. The highest BCUT2D eigenvalue weighted by Gasteiger charge is 2.19. The Bertz CT molecular complexity index is 1080. The number of ether oxygens (including phenoxy) is 1. The summed E-state index contributed by atoms with van der Waals surface area (Å²) in [5.41, 5.74) is 0.517. The van der Waals surface area contributed by atoms with Crippen LogP contribution in [-0.4, -0.2) is 23.3 Å². The van der Waals surface area contributed by atoms with Crippen molar-refractivity contribution in [1.29, 1.82) is 0 Å². The summed E-state index contributed by atoms with van der Waals surface area (Å²) in [5, 5.41) is 16.5. The van der Waals surface area contributed by atoms with Crippen LogP contribution in [0.3, 0.4) is 0 Å². The van der Waals surface area contributed by atoms with Crippen molar-refractivity contribution in [2.24, 2.45) is 0 Å². The van der Waals surface area contributed by atoms with Crippen molar-refractivity contribution in [2.75, 3.05) is 11.9 Å². The average Bonchev–Trinajstić information content (AvgIpc) is 2.75. The summed E-state index contributed by atoms with van der Waals surface area (Å²) >= 11 is 0. The number of nitrogens with one attached hydrogen (secondary N) is 2. The van der Waals surface area contributed by atoms with Gasteiger partial charge in [0.15, 0.2) is 0 Å². The van der Waals surface area contributed by atoms with Crippen LogP contribution < -0.4 is 15.4 Å². The lowest BCUT2D eigenvalue weighted by molar-refractivity contribution is -0.384. The lowest BCUT2D eigenvalue weighted by atomic mass is 10.1. The van der Waals surface area contributed by atoms with Crippen molar-refractivity contribution in [3.05, 3.63) is 94.0 Å². The van der Waals surface area contributed by atoms with E-state index in [4.69, 9.17) is 4.74 Å². The average molecular weight is 405 g/mol. The fourth-order valence-electron chi connectivity index (χ4n) is 2.71. The second kappa shape index (κ2) is 9.33. The number of nitro benzene ring substituents is 1. The van der Waals surface area contributed by atoms with Gasteiger partial charge in [0.05, 0.1) is 10.5 Å². The SMILES string of the molecule is CCNC(=O)c1cccc(NC(=O)c2cc([N+](=O)[O-])ccc2Oc2ccccc2)c1. The molecule has 0 aliphatic carbocycles.